The van der Waals surface area contributed by atoms with Crippen molar-refractivity contribution in [2.45, 2.75) is 18.7 Å². The van der Waals surface area contributed by atoms with E-state index in [2.05, 4.69) is 0 Å². The van der Waals surface area contributed by atoms with Crippen LogP contribution in [0.25, 0.3) is 0 Å². The minimum atomic E-state index is -2.63. The summed E-state index contributed by atoms with van der Waals surface area (Å²) in [7, 11) is 0. The van der Waals surface area contributed by atoms with E-state index in [1.54, 1.807) is 0 Å². The first-order chi connectivity index (χ1) is 7.26. The highest BCUT2D eigenvalue weighted by atomic mass is 19.2. The van der Waals surface area contributed by atoms with Crippen LogP contribution in [0.1, 0.15) is 12.5 Å². The Labute approximate surface area is 89.1 Å². The molecule has 0 heterocycles. The Morgan fingerprint density at radius 3 is 2.38 bits per heavy atom. The van der Waals surface area contributed by atoms with Crippen molar-refractivity contribution < 1.29 is 28.2 Å². The van der Waals surface area contributed by atoms with Crippen LogP contribution in [0.5, 0.6) is 0 Å². The lowest BCUT2D eigenvalue weighted by molar-refractivity contribution is -0.153. The maximum Gasteiger partial charge on any atom is 0.341 e. The molecule has 0 aromatic heterocycles. The molecule has 1 rings (SSSR count). The van der Waals surface area contributed by atoms with Gasteiger partial charge in [0.05, 0.1) is 0 Å². The molecule has 0 aliphatic rings. The predicted molar refractivity (Wildman–Crippen MR) is 48.5 cm³/mol. The van der Waals surface area contributed by atoms with E-state index in [1.807, 2.05) is 0 Å². The Hall–Kier alpha value is -1.56. The van der Waals surface area contributed by atoms with Gasteiger partial charge in [0.1, 0.15) is 5.60 Å². The molecule has 16 heavy (non-hydrogen) atoms. The normalized spacial score (nSPS) is 16.6. The van der Waals surface area contributed by atoms with Crippen LogP contribution >= 0.6 is 0 Å². The molecular weight excluding hydrogens is 225 g/mol. The molecule has 1 aromatic carbocycles. The molecule has 0 radical (unpaired) electrons. The fourth-order valence-electron chi connectivity index (χ4n) is 1.20. The number of hydrogen-bond donors (Lipinski definition) is 2. The number of halogens is 3. The molecule has 0 bridgehead atoms. The number of benzene rings is 1. The van der Waals surface area contributed by atoms with Crippen LogP contribution in [0.2, 0.25) is 0 Å². The topological polar surface area (TPSA) is 57.5 Å². The van der Waals surface area contributed by atoms with Gasteiger partial charge in [0.2, 0.25) is 6.17 Å². The van der Waals surface area contributed by atoms with Gasteiger partial charge >= 0.3 is 5.97 Å². The molecular formula is C10H9F3O3. The van der Waals surface area contributed by atoms with Crippen molar-refractivity contribution in [1.82, 2.24) is 0 Å². The highest BCUT2D eigenvalue weighted by Gasteiger charge is 2.39. The van der Waals surface area contributed by atoms with Gasteiger partial charge in [0, 0.05) is 0 Å². The number of carbonyl (C=O) groups is 1. The van der Waals surface area contributed by atoms with E-state index in [-0.39, 0.29) is 5.56 Å². The fraction of sp³-hybridized carbons (Fsp3) is 0.300. The smallest absolute Gasteiger partial charge is 0.341 e. The van der Waals surface area contributed by atoms with Crippen molar-refractivity contribution in [2.75, 3.05) is 0 Å². The van der Waals surface area contributed by atoms with Crippen LogP contribution in [-0.4, -0.2) is 22.4 Å². The quantitative estimate of drug-likeness (QED) is 0.835. The SMILES string of the molecule is CC(O)(c1ccc(F)c(F)c1)C(F)C(=O)O. The van der Waals surface area contributed by atoms with E-state index >= 15 is 0 Å². The second-order valence-electron chi connectivity index (χ2n) is 3.48. The van der Waals surface area contributed by atoms with Crippen molar-refractivity contribution in [3.05, 3.63) is 35.4 Å². The third-order valence-corrected chi connectivity index (χ3v) is 2.21. The van der Waals surface area contributed by atoms with Gasteiger partial charge in [0.25, 0.3) is 0 Å². The summed E-state index contributed by atoms with van der Waals surface area (Å²) in [6.07, 6.45) is -2.63. The molecule has 0 saturated carbocycles. The Kier molecular flexibility index (Phi) is 3.23. The Morgan fingerprint density at radius 1 is 1.38 bits per heavy atom. The van der Waals surface area contributed by atoms with Gasteiger partial charge < -0.3 is 10.2 Å². The molecule has 0 saturated heterocycles. The van der Waals surface area contributed by atoms with Gasteiger partial charge in [0.15, 0.2) is 11.6 Å². The molecule has 0 aliphatic heterocycles. The maximum absolute atomic E-state index is 13.2. The van der Waals surface area contributed by atoms with Crippen LogP contribution in [0.3, 0.4) is 0 Å². The molecule has 6 heteroatoms. The van der Waals surface area contributed by atoms with Gasteiger partial charge in [-0.2, -0.15) is 0 Å². The Bertz CT molecular complexity index is 418. The summed E-state index contributed by atoms with van der Waals surface area (Å²) in [5, 5.41) is 18.0. The molecule has 2 unspecified atom stereocenters. The van der Waals surface area contributed by atoms with Gasteiger partial charge in [-0.1, -0.05) is 6.07 Å². The number of carboxylic acid groups (broad SMARTS) is 1. The first-order valence-corrected chi connectivity index (χ1v) is 4.31. The van der Waals surface area contributed by atoms with Crippen LogP contribution in [-0.2, 0) is 10.4 Å². The highest BCUT2D eigenvalue weighted by Crippen LogP contribution is 2.28. The van der Waals surface area contributed by atoms with Crippen LogP contribution < -0.4 is 0 Å². The van der Waals surface area contributed by atoms with Gasteiger partial charge in [-0.15, -0.1) is 0 Å². The lowest BCUT2D eigenvalue weighted by Crippen LogP contribution is -2.39. The monoisotopic (exact) mass is 234 g/mol. The van der Waals surface area contributed by atoms with E-state index in [9.17, 15) is 23.1 Å². The van der Waals surface area contributed by atoms with Crippen LogP contribution in [0.4, 0.5) is 13.2 Å². The summed E-state index contributed by atoms with van der Waals surface area (Å²) in [6, 6.07) is 2.17. The van der Waals surface area contributed by atoms with Crippen molar-refractivity contribution in [1.29, 1.82) is 0 Å². The summed E-state index contributed by atoms with van der Waals surface area (Å²) in [5.74, 6) is -4.32. The number of aliphatic hydroxyl groups is 1. The van der Waals surface area contributed by atoms with Crippen molar-refractivity contribution in [3.8, 4) is 0 Å². The van der Waals surface area contributed by atoms with E-state index in [0.29, 0.717) is 12.1 Å². The van der Waals surface area contributed by atoms with Crippen LogP contribution in [0, 0.1) is 11.6 Å². The number of aliphatic carboxylic acids is 1. The van der Waals surface area contributed by atoms with E-state index in [0.717, 1.165) is 13.0 Å². The largest absolute Gasteiger partial charge is 0.479 e. The summed E-state index contributed by atoms with van der Waals surface area (Å²) in [5.41, 5.74) is -2.76. The van der Waals surface area contributed by atoms with E-state index in [1.165, 1.54) is 0 Å². The molecule has 0 fully saturated rings. The zero-order valence-corrected chi connectivity index (χ0v) is 8.25. The molecule has 88 valence electrons. The molecule has 3 nitrogen and oxygen atoms in total. The highest BCUT2D eigenvalue weighted by molar-refractivity contribution is 5.74. The van der Waals surface area contributed by atoms with E-state index in [4.69, 9.17) is 5.11 Å². The van der Waals surface area contributed by atoms with Crippen LogP contribution in [0.15, 0.2) is 18.2 Å². The maximum atomic E-state index is 13.2. The third kappa shape index (κ3) is 2.16. The first kappa shape index (κ1) is 12.5. The Balaban J connectivity index is 3.16. The zero-order valence-electron chi connectivity index (χ0n) is 8.25. The second kappa shape index (κ2) is 4.13. The Morgan fingerprint density at radius 2 is 1.94 bits per heavy atom. The first-order valence-electron chi connectivity index (χ1n) is 4.31. The zero-order chi connectivity index (χ0) is 12.5. The third-order valence-electron chi connectivity index (χ3n) is 2.21. The molecule has 0 aliphatic carbocycles. The minimum Gasteiger partial charge on any atom is -0.479 e. The van der Waals surface area contributed by atoms with E-state index < -0.39 is 29.4 Å². The molecule has 0 spiro atoms. The van der Waals surface area contributed by atoms with Crippen molar-refractivity contribution in [2.24, 2.45) is 0 Å². The average molecular weight is 234 g/mol. The predicted octanol–water partition coefficient (Wildman–Crippen LogP) is 1.59. The number of rotatable bonds is 3. The lowest BCUT2D eigenvalue weighted by atomic mass is 9.91. The molecule has 2 N–H and O–H groups in total. The fourth-order valence-corrected chi connectivity index (χ4v) is 1.20. The summed E-state index contributed by atoms with van der Waals surface area (Å²) >= 11 is 0. The molecule has 2 atom stereocenters. The van der Waals surface area contributed by atoms with Gasteiger partial charge in [-0.3, -0.25) is 0 Å². The molecule has 0 amide bonds. The minimum absolute atomic E-state index is 0.346. The van der Waals surface area contributed by atoms with Crippen molar-refractivity contribution >= 4 is 5.97 Å². The average Bonchev–Trinajstić information content (AvgIpc) is 2.20. The number of hydrogen-bond acceptors (Lipinski definition) is 2. The van der Waals surface area contributed by atoms with Gasteiger partial charge in [-0.25, -0.2) is 18.0 Å². The number of alkyl halides is 1. The number of carboxylic acids is 1. The standard InChI is InChI=1S/C10H9F3O3/c1-10(16,8(13)9(14)15)5-2-3-6(11)7(12)4-5/h2-4,8,16H,1H3,(H,14,15). The summed E-state index contributed by atoms with van der Waals surface area (Å²) < 4.78 is 38.6. The van der Waals surface area contributed by atoms with Crippen molar-refractivity contribution in [3.63, 3.8) is 0 Å². The molecule has 1 aromatic rings. The second-order valence-corrected chi connectivity index (χ2v) is 3.48. The summed E-state index contributed by atoms with van der Waals surface area (Å²) in [4.78, 5) is 10.4. The lowest BCUT2D eigenvalue weighted by Gasteiger charge is -2.25. The summed E-state index contributed by atoms with van der Waals surface area (Å²) in [6.45, 7) is 0.873. The van der Waals surface area contributed by atoms with Gasteiger partial charge in [-0.05, 0) is 24.6 Å².